The Kier molecular flexibility index (Phi) is 4.16. The Balaban J connectivity index is 1.94. The molecule has 0 saturated carbocycles. The summed E-state index contributed by atoms with van der Waals surface area (Å²) in [6.07, 6.45) is 1.16. The minimum atomic E-state index is -0.563. The number of ether oxygens (including phenoxy) is 1. The summed E-state index contributed by atoms with van der Waals surface area (Å²) in [4.78, 5) is 17.1. The van der Waals surface area contributed by atoms with Gasteiger partial charge < -0.3 is 4.74 Å². The second-order valence-electron chi connectivity index (χ2n) is 4.34. The van der Waals surface area contributed by atoms with Gasteiger partial charge in [0.1, 0.15) is 5.75 Å². The number of thiazole rings is 1. The number of amides is 1. The van der Waals surface area contributed by atoms with Crippen molar-refractivity contribution in [3.63, 3.8) is 0 Å². The van der Waals surface area contributed by atoms with Crippen LogP contribution in [0.15, 0.2) is 30.5 Å². The summed E-state index contributed by atoms with van der Waals surface area (Å²) >= 11 is 1.44. The van der Waals surface area contributed by atoms with Gasteiger partial charge in [-0.2, -0.15) is 0 Å². The molecule has 1 heterocycles. The summed E-state index contributed by atoms with van der Waals surface area (Å²) in [5.41, 5.74) is 1.16. The molecule has 1 aromatic carbocycles. The van der Waals surface area contributed by atoms with E-state index in [0.717, 1.165) is 10.4 Å². The zero-order valence-corrected chi connectivity index (χ0v) is 12.0. The van der Waals surface area contributed by atoms with E-state index in [1.54, 1.807) is 13.1 Å². The molecule has 0 unspecified atom stereocenters. The van der Waals surface area contributed by atoms with Gasteiger partial charge in [0.25, 0.3) is 5.91 Å². The zero-order valence-electron chi connectivity index (χ0n) is 11.1. The van der Waals surface area contributed by atoms with Crippen molar-refractivity contribution in [3.8, 4) is 5.75 Å². The molecule has 1 N–H and O–H groups in total. The van der Waals surface area contributed by atoms with Gasteiger partial charge in [-0.1, -0.05) is 17.7 Å². The van der Waals surface area contributed by atoms with Crippen molar-refractivity contribution in [2.75, 3.05) is 5.32 Å². The van der Waals surface area contributed by atoms with Crippen LogP contribution in [0.25, 0.3) is 0 Å². The molecule has 2 rings (SSSR count). The summed E-state index contributed by atoms with van der Waals surface area (Å²) in [6, 6.07) is 7.60. The van der Waals surface area contributed by atoms with Crippen molar-refractivity contribution in [3.05, 3.63) is 40.9 Å². The van der Waals surface area contributed by atoms with Crippen molar-refractivity contribution in [2.45, 2.75) is 26.9 Å². The third kappa shape index (κ3) is 3.79. The second-order valence-corrected chi connectivity index (χ2v) is 5.57. The van der Waals surface area contributed by atoms with Gasteiger partial charge in [-0.25, -0.2) is 4.98 Å². The van der Waals surface area contributed by atoms with Gasteiger partial charge in [0.05, 0.1) is 0 Å². The van der Waals surface area contributed by atoms with Crippen LogP contribution in [0.3, 0.4) is 0 Å². The van der Waals surface area contributed by atoms with Gasteiger partial charge in [-0.15, -0.1) is 11.3 Å². The Bertz CT molecular complexity index is 563. The number of rotatable bonds is 4. The number of hydrogen-bond acceptors (Lipinski definition) is 4. The second kappa shape index (κ2) is 5.84. The lowest BCUT2D eigenvalue weighted by molar-refractivity contribution is -0.122. The Labute approximate surface area is 116 Å². The number of aromatic nitrogens is 1. The molecule has 5 heteroatoms. The van der Waals surface area contributed by atoms with E-state index in [1.807, 2.05) is 38.1 Å². The molecule has 0 aliphatic heterocycles. The van der Waals surface area contributed by atoms with Crippen molar-refractivity contribution in [1.29, 1.82) is 0 Å². The first kappa shape index (κ1) is 13.5. The van der Waals surface area contributed by atoms with Gasteiger partial charge in [0.2, 0.25) is 0 Å². The van der Waals surface area contributed by atoms with Crippen molar-refractivity contribution in [2.24, 2.45) is 0 Å². The fraction of sp³-hybridized carbons (Fsp3) is 0.286. The summed E-state index contributed by atoms with van der Waals surface area (Å²) in [5.74, 6) is 0.485. The first-order valence-corrected chi connectivity index (χ1v) is 6.83. The molecule has 19 heavy (non-hydrogen) atoms. The lowest BCUT2D eigenvalue weighted by Gasteiger charge is -2.13. The largest absolute Gasteiger partial charge is 0.481 e. The molecule has 0 aliphatic rings. The molecule has 1 aromatic heterocycles. The standard InChI is InChI=1S/C14H16N2O2S/c1-9-4-6-12(7-5-9)18-11(3)13(17)16-14-15-8-10(2)19-14/h4-8,11H,1-3H3,(H,15,16,17)/t11-/m1/s1. The fourth-order valence-corrected chi connectivity index (χ4v) is 2.16. The molecule has 0 bridgehead atoms. The highest BCUT2D eigenvalue weighted by Crippen LogP contribution is 2.18. The van der Waals surface area contributed by atoms with E-state index in [2.05, 4.69) is 10.3 Å². The average Bonchev–Trinajstić information content (AvgIpc) is 2.77. The molecule has 0 spiro atoms. The maximum atomic E-state index is 11.9. The minimum Gasteiger partial charge on any atom is -0.481 e. The summed E-state index contributed by atoms with van der Waals surface area (Å²) < 4.78 is 5.57. The van der Waals surface area contributed by atoms with Gasteiger partial charge in [0.15, 0.2) is 11.2 Å². The van der Waals surface area contributed by atoms with Gasteiger partial charge >= 0.3 is 0 Å². The summed E-state index contributed by atoms with van der Waals surface area (Å²) in [7, 11) is 0. The monoisotopic (exact) mass is 276 g/mol. The van der Waals surface area contributed by atoms with Crippen molar-refractivity contribution in [1.82, 2.24) is 4.98 Å². The Morgan fingerprint density at radius 2 is 2.00 bits per heavy atom. The Morgan fingerprint density at radius 1 is 1.32 bits per heavy atom. The molecular weight excluding hydrogens is 260 g/mol. The normalized spacial score (nSPS) is 11.9. The third-order valence-corrected chi connectivity index (χ3v) is 3.38. The topological polar surface area (TPSA) is 51.2 Å². The van der Waals surface area contributed by atoms with Crippen LogP contribution in [-0.2, 0) is 4.79 Å². The molecular formula is C14H16N2O2S. The summed E-state index contributed by atoms with van der Waals surface area (Å²) in [6.45, 7) is 5.67. The number of anilines is 1. The number of nitrogens with zero attached hydrogens (tertiary/aromatic N) is 1. The first-order chi connectivity index (χ1) is 9.04. The van der Waals surface area contributed by atoms with E-state index in [1.165, 1.54) is 11.3 Å². The molecule has 0 radical (unpaired) electrons. The lowest BCUT2D eigenvalue weighted by atomic mass is 10.2. The number of nitrogens with one attached hydrogen (secondary N) is 1. The van der Waals surface area contributed by atoms with Crippen LogP contribution in [0, 0.1) is 13.8 Å². The van der Waals surface area contributed by atoms with E-state index in [-0.39, 0.29) is 5.91 Å². The van der Waals surface area contributed by atoms with Crippen LogP contribution in [-0.4, -0.2) is 17.0 Å². The van der Waals surface area contributed by atoms with E-state index in [0.29, 0.717) is 10.9 Å². The van der Waals surface area contributed by atoms with Crippen LogP contribution in [0.5, 0.6) is 5.75 Å². The van der Waals surface area contributed by atoms with E-state index in [4.69, 9.17) is 4.74 Å². The number of aryl methyl sites for hydroxylation is 2. The van der Waals surface area contributed by atoms with Crippen LogP contribution < -0.4 is 10.1 Å². The predicted molar refractivity (Wildman–Crippen MR) is 76.7 cm³/mol. The average molecular weight is 276 g/mol. The van der Waals surface area contributed by atoms with Crippen LogP contribution >= 0.6 is 11.3 Å². The highest BCUT2D eigenvalue weighted by atomic mass is 32.1. The first-order valence-electron chi connectivity index (χ1n) is 6.01. The van der Waals surface area contributed by atoms with Crippen LogP contribution in [0.4, 0.5) is 5.13 Å². The fourth-order valence-electron chi connectivity index (χ4n) is 1.49. The summed E-state index contributed by atoms with van der Waals surface area (Å²) in [5, 5.41) is 3.34. The molecule has 1 atom stereocenters. The van der Waals surface area contributed by atoms with Crippen molar-refractivity contribution >= 4 is 22.4 Å². The zero-order chi connectivity index (χ0) is 13.8. The smallest absolute Gasteiger partial charge is 0.266 e. The number of hydrogen-bond donors (Lipinski definition) is 1. The number of carbonyl (C=O) groups is 1. The van der Waals surface area contributed by atoms with E-state index >= 15 is 0 Å². The number of benzene rings is 1. The maximum Gasteiger partial charge on any atom is 0.266 e. The van der Waals surface area contributed by atoms with Crippen molar-refractivity contribution < 1.29 is 9.53 Å². The van der Waals surface area contributed by atoms with E-state index < -0.39 is 6.10 Å². The SMILES string of the molecule is Cc1ccc(O[C@H](C)C(=O)Nc2ncc(C)s2)cc1. The highest BCUT2D eigenvalue weighted by Gasteiger charge is 2.16. The van der Waals surface area contributed by atoms with Crippen LogP contribution in [0.1, 0.15) is 17.4 Å². The third-order valence-electron chi connectivity index (χ3n) is 2.55. The highest BCUT2D eigenvalue weighted by molar-refractivity contribution is 7.15. The van der Waals surface area contributed by atoms with E-state index in [9.17, 15) is 4.79 Å². The quantitative estimate of drug-likeness (QED) is 0.933. The van der Waals surface area contributed by atoms with Gasteiger partial charge in [0, 0.05) is 11.1 Å². The molecule has 4 nitrogen and oxygen atoms in total. The van der Waals surface area contributed by atoms with Gasteiger partial charge in [-0.05, 0) is 32.9 Å². The van der Waals surface area contributed by atoms with Crippen LogP contribution in [0.2, 0.25) is 0 Å². The predicted octanol–water partition coefficient (Wildman–Crippen LogP) is 3.17. The Hall–Kier alpha value is -1.88. The lowest BCUT2D eigenvalue weighted by Crippen LogP contribution is -2.30. The molecule has 0 fully saturated rings. The maximum absolute atomic E-state index is 11.9. The molecule has 100 valence electrons. The molecule has 0 aliphatic carbocycles. The minimum absolute atomic E-state index is 0.199. The number of carbonyl (C=O) groups excluding carboxylic acids is 1. The van der Waals surface area contributed by atoms with Gasteiger partial charge in [-0.3, -0.25) is 10.1 Å². The molecule has 0 saturated heterocycles. The molecule has 2 aromatic rings. The Morgan fingerprint density at radius 3 is 2.58 bits per heavy atom. The molecule has 1 amide bonds.